The molecule has 0 spiro atoms. The number of hydrogen-bond acceptors (Lipinski definition) is 4. The predicted octanol–water partition coefficient (Wildman–Crippen LogP) is 6.80. The number of benzene rings is 2. The van der Waals surface area contributed by atoms with Gasteiger partial charge in [-0.05, 0) is 55.2 Å². The van der Waals surface area contributed by atoms with Crippen LogP contribution in [0.1, 0.15) is 41.4 Å². The van der Waals surface area contributed by atoms with Gasteiger partial charge in [-0.15, -0.1) is 0 Å². The Kier molecular flexibility index (Phi) is 7.47. The molecule has 0 saturated carbocycles. The van der Waals surface area contributed by atoms with Crippen LogP contribution >= 0.6 is 11.6 Å². The number of furan rings is 1. The van der Waals surface area contributed by atoms with Crippen molar-refractivity contribution in [3.63, 3.8) is 0 Å². The molecule has 0 aliphatic rings. The summed E-state index contributed by atoms with van der Waals surface area (Å²) in [5.41, 5.74) is 3.24. The lowest BCUT2D eigenvalue weighted by Gasteiger charge is -2.17. The molecular formula is C24H24ClF3O5. The normalized spacial score (nSPS) is 11.7. The second-order valence-electron chi connectivity index (χ2n) is 7.71. The molecule has 1 aromatic heterocycles. The monoisotopic (exact) mass is 484 g/mol. The van der Waals surface area contributed by atoms with Gasteiger partial charge in [0.2, 0.25) is 0 Å². The zero-order valence-corrected chi connectivity index (χ0v) is 19.2. The molecule has 0 unspecified atom stereocenters. The lowest BCUT2D eigenvalue weighted by Crippen LogP contribution is -2.20. The molecule has 0 saturated heterocycles. The largest absolute Gasteiger partial charge is 0.488 e. The molecule has 0 atom stereocenters. The summed E-state index contributed by atoms with van der Waals surface area (Å²) in [5, 5.41) is 9.60. The minimum Gasteiger partial charge on any atom is -0.488 e. The molecule has 1 heterocycles. The fourth-order valence-corrected chi connectivity index (χ4v) is 3.82. The van der Waals surface area contributed by atoms with E-state index >= 15 is 0 Å². The number of aryl methyl sites for hydroxylation is 2. The van der Waals surface area contributed by atoms with Crippen molar-refractivity contribution >= 4 is 28.5 Å². The van der Waals surface area contributed by atoms with Crippen molar-refractivity contribution in [1.82, 2.24) is 0 Å². The molecule has 3 rings (SSSR count). The molecule has 1 N–H and O–H groups in total. The number of halogens is 4. The van der Waals surface area contributed by atoms with Crippen molar-refractivity contribution < 1.29 is 37.0 Å². The lowest BCUT2D eigenvalue weighted by molar-refractivity contribution is -0.153. The second-order valence-corrected chi connectivity index (χ2v) is 8.12. The molecule has 33 heavy (non-hydrogen) atoms. The van der Waals surface area contributed by atoms with Gasteiger partial charge in [-0.3, -0.25) is 4.79 Å². The lowest BCUT2D eigenvalue weighted by atomic mass is 9.99. The summed E-state index contributed by atoms with van der Waals surface area (Å²) in [5.74, 6) is 0.161. The highest BCUT2D eigenvalue weighted by Gasteiger charge is 2.30. The average Bonchev–Trinajstić information content (AvgIpc) is 3.14. The molecular weight excluding hydrogens is 461 g/mol. The van der Waals surface area contributed by atoms with E-state index in [1.165, 1.54) is 6.07 Å². The second kappa shape index (κ2) is 9.95. The van der Waals surface area contributed by atoms with E-state index in [1.54, 1.807) is 18.2 Å². The van der Waals surface area contributed by atoms with Crippen LogP contribution in [-0.2, 0) is 24.2 Å². The Morgan fingerprint density at radius 2 is 1.88 bits per heavy atom. The van der Waals surface area contributed by atoms with E-state index in [4.69, 9.17) is 30.6 Å². The molecule has 3 aromatic rings. The number of carbonyl (C=O) groups is 1. The number of fused-ring (bicyclic) bond motifs is 1. The first-order valence-corrected chi connectivity index (χ1v) is 10.7. The highest BCUT2D eigenvalue weighted by atomic mass is 35.5. The predicted molar refractivity (Wildman–Crippen MR) is 118 cm³/mol. The number of hydrogen-bond donors (Lipinski definition) is 1. The molecule has 9 heteroatoms. The minimum absolute atomic E-state index is 0.0130. The Morgan fingerprint density at radius 1 is 1.15 bits per heavy atom. The third-order valence-corrected chi connectivity index (χ3v) is 5.70. The van der Waals surface area contributed by atoms with E-state index in [0.29, 0.717) is 35.3 Å². The maximum absolute atomic E-state index is 12.8. The van der Waals surface area contributed by atoms with Crippen LogP contribution in [0, 0.1) is 13.8 Å². The quantitative estimate of drug-likeness (QED) is 0.361. The van der Waals surface area contributed by atoms with E-state index in [1.807, 2.05) is 20.8 Å². The van der Waals surface area contributed by atoms with E-state index in [2.05, 4.69) is 0 Å². The van der Waals surface area contributed by atoms with Crippen molar-refractivity contribution in [2.24, 2.45) is 0 Å². The van der Waals surface area contributed by atoms with Gasteiger partial charge in [0.25, 0.3) is 0 Å². The average molecular weight is 485 g/mol. The van der Waals surface area contributed by atoms with Crippen LogP contribution in [0.2, 0.25) is 5.02 Å². The van der Waals surface area contributed by atoms with Crippen molar-refractivity contribution in [3.8, 4) is 11.5 Å². The number of aliphatic carboxylic acids is 1. The van der Waals surface area contributed by atoms with Gasteiger partial charge in [-0.25, -0.2) is 0 Å². The number of rotatable bonds is 9. The van der Waals surface area contributed by atoms with Crippen molar-refractivity contribution in [2.45, 2.75) is 52.8 Å². The SMILES string of the molecule is CCc1cc2cc(Cl)c(OCC(F)(F)F)c(COc3ccc(CCC(=O)O)c(C)c3C)c2o1. The van der Waals surface area contributed by atoms with Gasteiger partial charge in [0.15, 0.2) is 6.61 Å². The molecule has 0 aliphatic heterocycles. The van der Waals surface area contributed by atoms with Crippen LogP contribution in [0.25, 0.3) is 11.0 Å². The van der Waals surface area contributed by atoms with Crippen LogP contribution in [0.15, 0.2) is 28.7 Å². The van der Waals surface area contributed by atoms with E-state index in [9.17, 15) is 18.0 Å². The first kappa shape index (κ1) is 24.8. The van der Waals surface area contributed by atoms with Crippen LogP contribution in [-0.4, -0.2) is 23.9 Å². The van der Waals surface area contributed by atoms with Gasteiger partial charge in [-0.2, -0.15) is 13.2 Å². The van der Waals surface area contributed by atoms with Gasteiger partial charge in [-0.1, -0.05) is 24.6 Å². The van der Waals surface area contributed by atoms with Crippen molar-refractivity contribution in [2.75, 3.05) is 6.61 Å². The third kappa shape index (κ3) is 5.93. The summed E-state index contributed by atoms with van der Waals surface area (Å²) in [6.07, 6.45) is -3.53. The smallest absolute Gasteiger partial charge is 0.422 e. The third-order valence-electron chi connectivity index (χ3n) is 5.42. The van der Waals surface area contributed by atoms with E-state index in [0.717, 1.165) is 16.7 Å². The van der Waals surface area contributed by atoms with Crippen molar-refractivity contribution in [3.05, 3.63) is 57.3 Å². The summed E-state index contributed by atoms with van der Waals surface area (Å²) in [4.78, 5) is 10.9. The summed E-state index contributed by atoms with van der Waals surface area (Å²) in [6.45, 7) is 3.98. The molecule has 2 aromatic carbocycles. The summed E-state index contributed by atoms with van der Waals surface area (Å²) in [7, 11) is 0. The van der Waals surface area contributed by atoms with Gasteiger partial charge in [0, 0.05) is 18.2 Å². The Labute approximate surface area is 194 Å². The fourth-order valence-electron chi connectivity index (χ4n) is 3.54. The van der Waals surface area contributed by atoms with Crippen LogP contribution in [0.4, 0.5) is 13.2 Å². The van der Waals surface area contributed by atoms with Crippen LogP contribution in [0.5, 0.6) is 11.5 Å². The zero-order valence-electron chi connectivity index (χ0n) is 18.4. The summed E-state index contributed by atoms with van der Waals surface area (Å²) in [6, 6.07) is 6.81. The number of alkyl halides is 3. The molecule has 178 valence electrons. The highest BCUT2D eigenvalue weighted by Crippen LogP contribution is 2.39. The fraction of sp³-hybridized carbons (Fsp3) is 0.375. The standard InChI is InChI=1S/C24H24ClF3O5/c1-4-17-9-16-10-19(25)23(32-12-24(26,27)28)18(22(16)33-17)11-31-20-7-5-15(6-8-21(29)30)13(2)14(20)3/h5,7,9-10H,4,6,8,11-12H2,1-3H3,(H,29,30). The van der Waals surface area contributed by atoms with Gasteiger partial charge in [0.1, 0.15) is 29.4 Å². The molecule has 0 amide bonds. The van der Waals surface area contributed by atoms with E-state index in [-0.39, 0.29) is 29.4 Å². The van der Waals surface area contributed by atoms with Gasteiger partial charge >= 0.3 is 12.1 Å². The van der Waals surface area contributed by atoms with E-state index < -0.39 is 18.8 Å². The van der Waals surface area contributed by atoms with Crippen LogP contribution in [0.3, 0.4) is 0 Å². The Bertz CT molecular complexity index is 1170. The maximum Gasteiger partial charge on any atom is 0.422 e. The molecule has 0 radical (unpaired) electrons. The number of carboxylic acids is 1. The molecule has 5 nitrogen and oxygen atoms in total. The Balaban J connectivity index is 1.95. The first-order chi connectivity index (χ1) is 15.5. The number of ether oxygens (including phenoxy) is 2. The Hall–Kier alpha value is -2.87. The molecule has 0 fully saturated rings. The zero-order chi connectivity index (χ0) is 24.3. The summed E-state index contributed by atoms with van der Waals surface area (Å²) >= 11 is 6.27. The summed E-state index contributed by atoms with van der Waals surface area (Å²) < 4.78 is 55.3. The van der Waals surface area contributed by atoms with Crippen molar-refractivity contribution in [1.29, 1.82) is 0 Å². The topological polar surface area (TPSA) is 68.9 Å². The maximum atomic E-state index is 12.8. The van der Waals surface area contributed by atoms with Crippen LogP contribution < -0.4 is 9.47 Å². The first-order valence-electron chi connectivity index (χ1n) is 10.4. The molecule has 0 aliphatic carbocycles. The minimum atomic E-state index is -4.53. The van der Waals surface area contributed by atoms with Gasteiger partial charge < -0.3 is 19.0 Å². The number of carboxylic acid groups (broad SMARTS) is 1. The molecule has 0 bridgehead atoms. The Morgan fingerprint density at radius 3 is 2.52 bits per heavy atom. The highest BCUT2D eigenvalue weighted by molar-refractivity contribution is 6.33. The van der Waals surface area contributed by atoms with Gasteiger partial charge in [0.05, 0.1) is 10.6 Å².